The van der Waals surface area contributed by atoms with Gasteiger partial charge in [-0.2, -0.15) is 5.10 Å². The van der Waals surface area contributed by atoms with E-state index < -0.39 is 18.5 Å². The Morgan fingerprint density at radius 1 is 0.971 bits per heavy atom. The molecule has 0 atom stereocenters. The number of amides is 2. The minimum Gasteiger partial charge on any atom is -0.452 e. The second-order valence-corrected chi connectivity index (χ2v) is 7.90. The van der Waals surface area contributed by atoms with E-state index in [1.807, 2.05) is 30.3 Å². The largest absolute Gasteiger partial charge is 0.452 e. The van der Waals surface area contributed by atoms with Crippen molar-refractivity contribution in [3.05, 3.63) is 101 Å². The molecular formula is C26H21ClN4O4. The molecule has 0 aliphatic carbocycles. The van der Waals surface area contributed by atoms with Crippen molar-refractivity contribution in [1.29, 1.82) is 0 Å². The van der Waals surface area contributed by atoms with Crippen LogP contribution in [-0.4, -0.2) is 41.2 Å². The fourth-order valence-electron chi connectivity index (χ4n) is 3.35. The molecule has 8 nitrogen and oxygen atoms in total. The van der Waals surface area contributed by atoms with E-state index in [2.05, 4.69) is 15.7 Å². The van der Waals surface area contributed by atoms with Crippen LogP contribution in [0.1, 0.15) is 20.7 Å². The SMILES string of the molecule is CNC(=O)c1cccc(NC(=O)COC(=O)c2cn(-c3ccccc3)nc2-c2ccc(Cl)cc2)c1. The second kappa shape index (κ2) is 10.7. The highest BCUT2D eigenvalue weighted by atomic mass is 35.5. The number of esters is 1. The summed E-state index contributed by atoms with van der Waals surface area (Å²) in [6, 6.07) is 22.7. The van der Waals surface area contributed by atoms with Gasteiger partial charge in [-0.25, -0.2) is 9.48 Å². The van der Waals surface area contributed by atoms with Crippen LogP contribution in [0.4, 0.5) is 5.69 Å². The number of benzene rings is 3. The highest BCUT2D eigenvalue weighted by Crippen LogP contribution is 2.26. The number of carbonyl (C=O) groups excluding carboxylic acids is 3. The topological polar surface area (TPSA) is 102 Å². The molecule has 0 bridgehead atoms. The number of anilines is 1. The zero-order valence-corrected chi connectivity index (χ0v) is 19.5. The van der Waals surface area contributed by atoms with E-state index in [1.54, 1.807) is 53.3 Å². The minimum absolute atomic E-state index is 0.200. The summed E-state index contributed by atoms with van der Waals surface area (Å²) in [6.07, 6.45) is 1.56. The highest BCUT2D eigenvalue weighted by molar-refractivity contribution is 6.30. The van der Waals surface area contributed by atoms with Crippen molar-refractivity contribution >= 4 is 35.1 Å². The van der Waals surface area contributed by atoms with E-state index in [-0.39, 0.29) is 11.5 Å². The number of aromatic nitrogens is 2. The highest BCUT2D eigenvalue weighted by Gasteiger charge is 2.21. The zero-order valence-electron chi connectivity index (χ0n) is 18.7. The Balaban J connectivity index is 1.51. The molecule has 1 aromatic heterocycles. The molecule has 0 saturated carbocycles. The first kappa shape index (κ1) is 23.7. The number of halogens is 1. The van der Waals surface area contributed by atoms with Gasteiger partial charge in [-0.05, 0) is 42.5 Å². The summed E-state index contributed by atoms with van der Waals surface area (Å²) in [5.41, 5.74) is 2.83. The van der Waals surface area contributed by atoms with Crippen molar-refractivity contribution in [2.24, 2.45) is 0 Å². The molecule has 4 aromatic rings. The molecule has 0 fully saturated rings. The van der Waals surface area contributed by atoms with Gasteiger partial charge < -0.3 is 15.4 Å². The molecule has 176 valence electrons. The predicted molar refractivity (Wildman–Crippen MR) is 133 cm³/mol. The first-order valence-electron chi connectivity index (χ1n) is 10.6. The third-order valence-electron chi connectivity index (χ3n) is 5.04. The number of carbonyl (C=O) groups is 3. The fourth-order valence-corrected chi connectivity index (χ4v) is 3.47. The lowest BCUT2D eigenvalue weighted by molar-refractivity contribution is -0.119. The summed E-state index contributed by atoms with van der Waals surface area (Å²) in [6.45, 7) is -0.514. The van der Waals surface area contributed by atoms with Crippen LogP contribution in [0.25, 0.3) is 16.9 Å². The number of nitrogens with zero attached hydrogens (tertiary/aromatic N) is 2. The van der Waals surface area contributed by atoms with Gasteiger partial charge in [0.15, 0.2) is 6.61 Å². The molecule has 2 amide bonds. The summed E-state index contributed by atoms with van der Waals surface area (Å²) in [7, 11) is 1.52. The van der Waals surface area contributed by atoms with Gasteiger partial charge in [0.25, 0.3) is 11.8 Å². The van der Waals surface area contributed by atoms with Crippen LogP contribution in [-0.2, 0) is 9.53 Å². The molecule has 0 radical (unpaired) electrons. The molecule has 9 heteroatoms. The van der Waals surface area contributed by atoms with Crippen molar-refractivity contribution in [2.75, 3.05) is 19.0 Å². The van der Waals surface area contributed by atoms with Gasteiger partial charge >= 0.3 is 5.97 Å². The average molecular weight is 489 g/mol. The molecule has 0 aliphatic heterocycles. The van der Waals surface area contributed by atoms with Gasteiger partial charge in [-0.15, -0.1) is 0 Å². The normalized spacial score (nSPS) is 10.5. The summed E-state index contributed by atoms with van der Waals surface area (Å²) in [5.74, 6) is -1.53. The van der Waals surface area contributed by atoms with Gasteiger partial charge in [0.1, 0.15) is 11.3 Å². The van der Waals surface area contributed by atoms with Gasteiger partial charge in [-0.1, -0.05) is 48.0 Å². The molecule has 0 spiro atoms. The number of rotatable bonds is 7. The van der Waals surface area contributed by atoms with Crippen LogP contribution < -0.4 is 10.6 Å². The fraction of sp³-hybridized carbons (Fsp3) is 0.0769. The smallest absolute Gasteiger partial charge is 0.342 e. The number of nitrogens with one attached hydrogen (secondary N) is 2. The minimum atomic E-state index is -0.702. The Kier molecular flexibility index (Phi) is 7.23. The lowest BCUT2D eigenvalue weighted by Crippen LogP contribution is -2.22. The Labute approximate surface area is 206 Å². The summed E-state index contributed by atoms with van der Waals surface area (Å²) in [5, 5.41) is 10.3. The van der Waals surface area contributed by atoms with Gasteiger partial charge in [0.2, 0.25) is 0 Å². The molecular weight excluding hydrogens is 468 g/mol. The molecule has 35 heavy (non-hydrogen) atoms. The number of hydrogen-bond donors (Lipinski definition) is 2. The van der Waals surface area contributed by atoms with E-state index in [0.29, 0.717) is 27.5 Å². The van der Waals surface area contributed by atoms with Crippen LogP contribution in [0, 0.1) is 0 Å². The molecule has 3 aromatic carbocycles. The third kappa shape index (κ3) is 5.74. The van der Waals surface area contributed by atoms with E-state index in [9.17, 15) is 14.4 Å². The molecule has 0 unspecified atom stereocenters. The van der Waals surface area contributed by atoms with Crippen LogP contribution in [0.15, 0.2) is 85.1 Å². The second-order valence-electron chi connectivity index (χ2n) is 7.46. The van der Waals surface area contributed by atoms with Crippen molar-refractivity contribution in [3.63, 3.8) is 0 Å². The van der Waals surface area contributed by atoms with Crippen molar-refractivity contribution < 1.29 is 19.1 Å². The molecule has 4 rings (SSSR count). The molecule has 2 N–H and O–H groups in total. The van der Waals surface area contributed by atoms with Crippen molar-refractivity contribution in [2.45, 2.75) is 0 Å². The van der Waals surface area contributed by atoms with Gasteiger partial charge in [0, 0.05) is 35.1 Å². The zero-order chi connectivity index (χ0) is 24.8. The number of para-hydroxylation sites is 1. The molecule has 0 aliphatic rings. The van der Waals surface area contributed by atoms with E-state index >= 15 is 0 Å². The third-order valence-corrected chi connectivity index (χ3v) is 5.29. The van der Waals surface area contributed by atoms with Crippen molar-refractivity contribution in [3.8, 4) is 16.9 Å². The Morgan fingerprint density at radius 2 is 1.71 bits per heavy atom. The Hall–Kier alpha value is -4.43. The first-order valence-corrected chi connectivity index (χ1v) is 11.0. The van der Waals surface area contributed by atoms with Crippen LogP contribution in [0.3, 0.4) is 0 Å². The quantitative estimate of drug-likeness (QED) is 0.376. The molecule has 0 saturated heterocycles. The van der Waals surface area contributed by atoms with Crippen LogP contribution >= 0.6 is 11.6 Å². The number of hydrogen-bond acceptors (Lipinski definition) is 5. The van der Waals surface area contributed by atoms with Crippen molar-refractivity contribution in [1.82, 2.24) is 15.1 Å². The summed E-state index contributed by atoms with van der Waals surface area (Å²) in [4.78, 5) is 37.1. The Bertz CT molecular complexity index is 1370. The van der Waals surface area contributed by atoms with Gasteiger partial charge in [0.05, 0.1) is 5.69 Å². The lowest BCUT2D eigenvalue weighted by Gasteiger charge is -2.08. The maximum absolute atomic E-state index is 13.0. The van der Waals surface area contributed by atoms with E-state index in [1.165, 1.54) is 13.1 Å². The van der Waals surface area contributed by atoms with Gasteiger partial charge in [-0.3, -0.25) is 9.59 Å². The lowest BCUT2D eigenvalue weighted by atomic mass is 10.1. The average Bonchev–Trinajstić information content (AvgIpc) is 3.33. The maximum atomic E-state index is 13.0. The number of ether oxygens (including phenoxy) is 1. The molecule has 1 heterocycles. The van der Waals surface area contributed by atoms with Crippen LogP contribution in [0.2, 0.25) is 5.02 Å². The summed E-state index contributed by atoms with van der Waals surface area (Å²) >= 11 is 6.01. The van der Waals surface area contributed by atoms with E-state index in [4.69, 9.17) is 16.3 Å². The Morgan fingerprint density at radius 3 is 2.43 bits per heavy atom. The van der Waals surface area contributed by atoms with Crippen LogP contribution in [0.5, 0.6) is 0 Å². The maximum Gasteiger partial charge on any atom is 0.342 e. The van der Waals surface area contributed by atoms with E-state index in [0.717, 1.165) is 5.69 Å². The predicted octanol–water partition coefficient (Wildman–Crippen LogP) is 4.35. The monoisotopic (exact) mass is 488 g/mol. The standard InChI is InChI=1S/C26H21ClN4O4/c1-28-25(33)18-6-5-7-20(14-18)29-23(32)16-35-26(34)22-15-31(21-8-3-2-4-9-21)30-24(22)17-10-12-19(27)13-11-17/h2-15H,16H2,1H3,(H,28,33)(H,29,32). The summed E-state index contributed by atoms with van der Waals surface area (Å²) < 4.78 is 6.86. The first-order chi connectivity index (χ1) is 16.9.